The molecule has 1 heterocycles. The molecular weight excluding hydrogens is 316 g/mol. The number of hydrogen-bond donors (Lipinski definition) is 4. The molecule has 5 nitrogen and oxygen atoms in total. The Morgan fingerprint density at radius 3 is 1.91 bits per heavy atom. The molecule has 0 aliphatic carbocycles. The third-order valence-electron chi connectivity index (χ3n) is 4.38. The van der Waals surface area contributed by atoms with Crippen molar-refractivity contribution in [3.63, 3.8) is 0 Å². The fourth-order valence-electron chi connectivity index (χ4n) is 2.82. The molecule has 0 saturated carbocycles. The van der Waals surface area contributed by atoms with Crippen LogP contribution in [-0.4, -0.2) is 62.6 Å². The van der Waals surface area contributed by atoms with E-state index >= 15 is 0 Å². The third kappa shape index (κ3) is 7.71. The predicted molar refractivity (Wildman–Crippen MR) is 93.5 cm³/mol. The van der Waals surface area contributed by atoms with E-state index in [0.29, 0.717) is 0 Å². The molecule has 1 aliphatic heterocycles. The molecule has 1 aliphatic rings. The monoisotopic (exact) mass is 350 g/mol. The van der Waals surface area contributed by atoms with Crippen LogP contribution in [0.1, 0.15) is 64.7 Å². The molecule has 1 rings (SSSR count). The van der Waals surface area contributed by atoms with Crippen LogP contribution in [0.25, 0.3) is 0 Å². The molecule has 138 valence electrons. The van der Waals surface area contributed by atoms with Crippen molar-refractivity contribution in [3.05, 3.63) is 0 Å². The summed E-state index contributed by atoms with van der Waals surface area (Å²) in [4.78, 5) is 0. The summed E-state index contributed by atoms with van der Waals surface area (Å²) in [7, 11) is 0. The summed E-state index contributed by atoms with van der Waals surface area (Å²) < 4.78 is 5.47. The van der Waals surface area contributed by atoms with Crippen molar-refractivity contribution >= 4 is 11.8 Å². The van der Waals surface area contributed by atoms with E-state index in [1.807, 2.05) is 0 Å². The van der Waals surface area contributed by atoms with Gasteiger partial charge in [-0.15, -0.1) is 11.8 Å². The van der Waals surface area contributed by atoms with E-state index in [4.69, 9.17) is 9.84 Å². The molecule has 1 saturated heterocycles. The molecule has 0 bridgehead atoms. The molecule has 0 aromatic heterocycles. The van der Waals surface area contributed by atoms with Crippen molar-refractivity contribution in [1.29, 1.82) is 0 Å². The highest BCUT2D eigenvalue weighted by Crippen LogP contribution is 2.29. The first-order chi connectivity index (χ1) is 11.1. The van der Waals surface area contributed by atoms with Crippen molar-refractivity contribution in [2.75, 3.05) is 12.4 Å². The van der Waals surface area contributed by atoms with Crippen LogP contribution < -0.4 is 0 Å². The van der Waals surface area contributed by atoms with Crippen LogP contribution in [0, 0.1) is 0 Å². The first-order valence-corrected chi connectivity index (χ1v) is 10.1. The number of rotatable bonds is 12. The van der Waals surface area contributed by atoms with Gasteiger partial charge in [-0.2, -0.15) is 0 Å². The maximum atomic E-state index is 9.93. The minimum atomic E-state index is -1.26. The smallest absolute Gasteiger partial charge is 0.132 e. The van der Waals surface area contributed by atoms with Crippen LogP contribution in [0.2, 0.25) is 0 Å². The summed E-state index contributed by atoms with van der Waals surface area (Å²) in [5, 5.41) is 38.5. The molecular formula is C17H34O5S. The first-order valence-electron chi connectivity index (χ1n) is 9.04. The van der Waals surface area contributed by atoms with Gasteiger partial charge in [-0.25, -0.2) is 0 Å². The van der Waals surface area contributed by atoms with Gasteiger partial charge in [-0.05, 0) is 12.2 Å². The van der Waals surface area contributed by atoms with E-state index < -0.39 is 29.9 Å². The quantitative estimate of drug-likeness (QED) is 0.403. The Hall–Kier alpha value is 0.150. The SMILES string of the molecule is CCCCCCCCCCCS[C@@H]1O[C@H](CO)[C@@H](O)[C@H](O)[C@H]1O. The lowest BCUT2D eigenvalue weighted by Crippen LogP contribution is -2.57. The molecule has 0 aromatic carbocycles. The van der Waals surface area contributed by atoms with Crippen LogP contribution in [0.4, 0.5) is 0 Å². The van der Waals surface area contributed by atoms with Crippen LogP contribution in [0.5, 0.6) is 0 Å². The van der Waals surface area contributed by atoms with E-state index in [1.165, 1.54) is 56.7 Å². The Balaban J connectivity index is 2.06. The second-order valence-corrected chi connectivity index (χ2v) is 7.60. The molecule has 5 atom stereocenters. The molecule has 4 N–H and O–H groups in total. The standard InChI is InChI=1S/C17H34O5S/c1-2-3-4-5-6-7-8-9-10-11-23-17-16(21)15(20)14(19)13(12-18)22-17/h13-21H,2-12H2,1H3/t13-,14-,15+,16-,17+/m1/s1. The maximum absolute atomic E-state index is 9.93. The fraction of sp³-hybridized carbons (Fsp3) is 1.00. The van der Waals surface area contributed by atoms with Crippen molar-refractivity contribution in [2.45, 2.75) is 94.6 Å². The lowest BCUT2D eigenvalue weighted by Gasteiger charge is -2.39. The van der Waals surface area contributed by atoms with Gasteiger partial charge < -0.3 is 25.2 Å². The van der Waals surface area contributed by atoms with Gasteiger partial charge >= 0.3 is 0 Å². The molecule has 1 fully saturated rings. The highest BCUT2D eigenvalue weighted by atomic mass is 32.2. The topological polar surface area (TPSA) is 90.2 Å². The van der Waals surface area contributed by atoms with Gasteiger partial charge in [0.25, 0.3) is 0 Å². The van der Waals surface area contributed by atoms with Crippen LogP contribution in [0.15, 0.2) is 0 Å². The van der Waals surface area contributed by atoms with Crippen molar-refractivity contribution in [2.24, 2.45) is 0 Å². The Labute approximate surface area is 144 Å². The zero-order valence-corrected chi connectivity index (χ0v) is 15.1. The Bertz CT molecular complexity index is 290. The lowest BCUT2D eigenvalue weighted by molar-refractivity contribution is -0.205. The van der Waals surface area contributed by atoms with Crippen molar-refractivity contribution < 1.29 is 25.2 Å². The van der Waals surface area contributed by atoms with Gasteiger partial charge in [-0.3, -0.25) is 0 Å². The van der Waals surface area contributed by atoms with Gasteiger partial charge in [-0.1, -0.05) is 58.3 Å². The van der Waals surface area contributed by atoms with E-state index in [0.717, 1.165) is 18.6 Å². The first kappa shape index (κ1) is 21.2. The van der Waals surface area contributed by atoms with Crippen LogP contribution in [0.3, 0.4) is 0 Å². The number of aliphatic hydroxyl groups excluding tert-OH is 4. The number of hydrogen-bond acceptors (Lipinski definition) is 6. The molecule has 0 amide bonds. The second kappa shape index (κ2) is 12.5. The number of thioether (sulfide) groups is 1. The summed E-state index contributed by atoms with van der Waals surface area (Å²) >= 11 is 1.45. The minimum Gasteiger partial charge on any atom is -0.394 e. The van der Waals surface area contributed by atoms with Gasteiger partial charge in [0.05, 0.1) is 6.61 Å². The largest absolute Gasteiger partial charge is 0.394 e. The number of unbranched alkanes of at least 4 members (excludes halogenated alkanes) is 8. The zero-order valence-electron chi connectivity index (χ0n) is 14.3. The summed E-state index contributed by atoms with van der Waals surface area (Å²) in [5.74, 6) is 0.846. The Morgan fingerprint density at radius 1 is 0.783 bits per heavy atom. The summed E-state index contributed by atoms with van der Waals surface area (Å²) in [6.07, 6.45) is 6.94. The Morgan fingerprint density at radius 2 is 1.35 bits per heavy atom. The molecule has 6 heteroatoms. The van der Waals surface area contributed by atoms with Crippen molar-refractivity contribution in [3.8, 4) is 0 Å². The average Bonchev–Trinajstić information content (AvgIpc) is 2.56. The lowest BCUT2D eigenvalue weighted by atomic mass is 10.0. The van der Waals surface area contributed by atoms with Gasteiger partial charge in [0.15, 0.2) is 0 Å². The van der Waals surface area contributed by atoms with E-state index in [-0.39, 0.29) is 6.61 Å². The highest BCUT2D eigenvalue weighted by Gasteiger charge is 2.43. The second-order valence-electron chi connectivity index (χ2n) is 6.40. The fourth-order valence-corrected chi connectivity index (χ4v) is 4.00. The zero-order chi connectivity index (χ0) is 17.1. The normalized spacial score (nSPS) is 31.4. The number of aliphatic hydroxyl groups is 4. The summed E-state index contributed by atoms with van der Waals surface area (Å²) in [6.45, 7) is 1.87. The summed E-state index contributed by atoms with van der Waals surface area (Å²) in [5.41, 5.74) is -0.584. The number of ether oxygens (including phenoxy) is 1. The van der Waals surface area contributed by atoms with Gasteiger partial charge in [0.2, 0.25) is 0 Å². The van der Waals surface area contributed by atoms with E-state index in [2.05, 4.69) is 6.92 Å². The van der Waals surface area contributed by atoms with Crippen LogP contribution in [-0.2, 0) is 4.74 Å². The highest BCUT2D eigenvalue weighted by molar-refractivity contribution is 7.99. The van der Waals surface area contributed by atoms with Gasteiger partial charge in [0, 0.05) is 0 Å². The van der Waals surface area contributed by atoms with E-state index in [9.17, 15) is 15.3 Å². The average molecular weight is 351 g/mol. The molecule has 0 spiro atoms. The predicted octanol–water partition coefficient (Wildman–Crippen LogP) is 2.05. The third-order valence-corrected chi connectivity index (χ3v) is 5.62. The van der Waals surface area contributed by atoms with Crippen molar-refractivity contribution in [1.82, 2.24) is 0 Å². The maximum Gasteiger partial charge on any atom is 0.132 e. The molecule has 0 unspecified atom stereocenters. The van der Waals surface area contributed by atoms with Crippen LogP contribution >= 0.6 is 11.8 Å². The van der Waals surface area contributed by atoms with Gasteiger partial charge in [0.1, 0.15) is 29.9 Å². The Kier molecular flexibility index (Phi) is 11.5. The molecule has 0 radical (unpaired) electrons. The van der Waals surface area contributed by atoms with E-state index in [1.54, 1.807) is 0 Å². The molecule has 23 heavy (non-hydrogen) atoms. The molecule has 0 aromatic rings. The minimum absolute atomic E-state index is 0.361. The summed E-state index contributed by atoms with van der Waals surface area (Å²) in [6, 6.07) is 0.